The van der Waals surface area contributed by atoms with Gasteiger partial charge in [0.05, 0.1) is 11.9 Å². The number of carbonyl (C=O) groups excluding carboxylic acids is 2. The lowest BCUT2D eigenvalue weighted by atomic mass is 10.1. The Bertz CT molecular complexity index is 1050. The molecule has 0 aliphatic carbocycles. The molecule has 0 unspecified atom stereocenters. The molecule has 9 heteroatoms. The molecule has 0 saturated carbocycles. The van der Waals surface area contributed by atoms with Crippen molar-refractivity contribution in [1.82, 2.24) is 0 Å². The van der Waals surface area contributed by atoms with Gasteiger partial charge in [0.15, 0.2) is 6.61 Å². The molecule has 3 rings (SSSR count). The maximum atomic E-state index is 12.3. The zero-order chi connectivity index (χ0) is 21.9. The normalized spacial score (nSPS) is 14.0. The van der Waals surface area contributed by atoms with Gasteiger partial charge in [-0.2, -0.15) is 0 Å². The summed E-state index contributed by atoms with van der Waals surface area (Å²) >= 11 is 0. The third kappa shape index (κ3) is 5.10. The number of nitrogens with one attached hydrogen (secondary N) is 1. The summed E-state index contributed by atoms with van der Waals surface area (Å²) in [5.41, 5.74) is 2.87. The van der Waals surface area contributed by atoms with Crippen molar-refractivity contribution < 1.29 is 22.7 Å². The molecule has 0 aromatic heterocycles. The fourth-order valence-corrected chi connectivity index (χ4v) is 3.68. The minimum atomic E-state index is -3.34. The first kappa shape index (κ1) is 21.6. The lowest BCUT2D eigenvalue weighted by molar-refractivity contribution is -0.118. The van der Waals surface area contributed by atoms with Crippen molar-refractivity contribution in [3.63, 3.8) is 0 Å². The molecular weight excluding hydrogens is 406 g/mol. The molecule has 1 heterocycles. The largest absolute Gasteiger partial charge is 0.484 e. The Morgan fingerprint density at radius 1 is 1.20 bits per heavy atom. The molecule has 2 aromatic rings. The molecule has 0 radical (unpaired) electrons. The van der Waals surface area contributed by atoms with Crippen molar-refractivity contribution in [3.05, 3.63) is 48.0 Å². The number of rotatable bonds is 7. The first-order chi connectivity index (χ1) is 14.1. The van der Waals surface area contributed by atoms with Crippen LogP contribution in [0.4, 0.5) is 17.1 Å². The smallest absolute Gasteiger partial charge is 0.262 e. The van der Waals surface area contributed by atoms with Gasteiger partial charge in [0.1, 0.15) is 5.75 Å². The van der Waals surface area contributed by atoms with E-state index in [0.29, 0.717) is 30.1 Å². The summed E-state index contributed by atoms with van der Waals surface area (Å²) in [6, 6.07) is 11.9. The molecule has 160 valence electrons. The lowest BCUT2D eigenvalue weighted by Gasteiger charge is -2.19. The monoisotopic (exact) mass is 431 g/mol. The molecule has 8 nitrogen and oxygen atoms in total. The number of sulfonamides is 1. The lowest BCUT2D eigenvalue weighted by Crippen LogP contribution is -2.25. The van der Waals surface area contributed by atoms with Crippen LogP contribution in [0.2, 0.25) is 0 Å². The van der Waals surface area contributed by atoms with E-state index in [1.807, 2.05) is 13.0 Å². The van der Waals surface area contributed by atoms with Crippen molar-refractivity contribution in [1.29, 1.82) is 0 Å². The number of ether oxygens (including phenoxy) is 1. The molecule has 1 aliphatic rings. The number of amides is 2. The first-order valence-electron chi connectivity index (χ1n) is 9.53. The molecule has 1 aliphatic heterocycles. The van der Waals surface area contributed by atoms with Crippen LogP contribution in [0.1, 0.15) is 18.4 Å². The van der Waals surface area contributed by atoms with Gasteiger partial charge in [-0.15, -0.1) is 0 Å². The molecule has 1 fully saturated rings. The predicted octanol–water partition coefficient (Wildman–Crippen LogP) is 2.54. The highest BCUT2D eigenvalue weighted by atomic mass is 32.2. The van der Waals surface area contributed by atoms with E-state index in [-0.39, 0.29) is 18.4 Å². The van der Waals surface area contributed by atoms with Gasteiger partial charge < -0.3 is 15.0 Å². The van der Waals surface area contributed by atoms with Crippen molar-refractivity contribution in [2.45, 2.75) is 19.8 Å². The van der Waals surface area contributed by atoms with E-state index in [1.165, 1.54) is 7.05 Å². The highest BCUT2D eigenvalue weighted by Crippen LogP contribution is 2.28. The second-order valence-corrected chi connectivity index (χ2v) is 9.23. The Labute approximate surface area is 176 Å². The standard InChI is InChI=1S/C21H25N3O5S/c1-15-6-7-16(13-19(15)24-12-4-5-21(24)26)22-20(25)14-29-18-10-8-17(9-11-18)23(2)30(3,27)28/h6-11,13H,4-5,12,14H2,1-3H3,(H,22,25). The Kier molecular flexibility index (Phi) is 6.31. The highest BCUT2D eigenvalue weighted by molar-refractivity contribution is 7.92. The third-order valence-electron chi connectivity index (χ3n) is 4.92. The summed E-state index contributed by atoms with van der Waals surface area (Å²) in [5, 5.41) is 2.78. The molecule has 0 bridgehead atoms. The minimum absolute atomic E-state index is 0.0925. The molecule has 2 amide bonds. The summed E-state index contributed by atoms with van der Waals surface area (Å²) in [4.78, 5) is 26.0. The molecule has 1 N–H and O–H groups in total. The van der Waals surface area contributed by atoms with Gasteiger partial charge >= 0.3 is 0 Å². The molecular formula is C21H25N3O5S. The molecule has 2 aromatic carbocycles. The number of benzene rings is 2. The van der Waals surface area contributed by atoms with Gasteiger partial charge in [-0.05, 0) is 55.3 Å². The van der Waals surface area contributed by atoms with E-state index >= 15 is 0 Å². The Balaban J connectivity index is 1.59. The number of nitrogens with zero attached hydrogens (tertiary/aromatic N) is 2. The summed E-state index contributed by atoms with van der Waals surface area (Å²) in [6.45, 7) is 2.42. The fourth-order valence-electron chi connectivity index (χ4n) is 3.17. The van der Waals surface area contributed by atoms with Crippen LogP contribution in [0.3, 0.4) is 0 Å². The zero-order valence-electron chi connectivity index (χ0n) is 17.2. The molecule has 0 spiro atoms. The van der Waals surface area contributed by atoms with Gasteiger partial charge in [0.2, 0.25) is 15.9 Å². The van der Waals surface area contributed by atoms with Crippen LogP contribution in [-0.4, -0.2) is 46.7 Å². The second-order valence-electron chi connectivity index (χ2n) is 7.21. The first-order valence-corrected chi connectivity index (χ1v) is 11.4. The molecule has 0 atom stereocenters. The number of hydrogen-bond acceptors (Lipinski definition) is 5. The van der Waals surface area contributed by atoms with Crippen molar-refractivity contribution >= 4 is 38.9 Å². The van der Waals surface area contributed by atoms with Crippen molar-refractivity contribution in [3.8, 4) is 5.75 Å². The zero-order valence-corrected chi connectivity index (χ0v) is 18.0. The summed E-state index contributed by atoms with van der Waals surface area (Å²) in [6.07, 6.45) is 2.50. The predicted molar refractivity (Wildman–Crippen MR) is 117 cm³/mol. The quantitative estimate of drug-likeness (QED) is 0.727. The Hall–Kier alpha value is -3.07. The van der Waals surface area contributed by atoms with Crippen LogP contribution in [-0.2, 0) is 19.6 Å². The van der Waals surface area contributed by atoms with E-state index in [0.717, 1.165) is 28.2 Å². The highest BCUT2D eigenvalue weighted by Gasteiger charge is 2.23. The maximum absolute atomic E-state index is 12.3. The van der Waals surface area contributed by atoms with Gasteiger partial charge in [-0.25, -0.2) is 8.42 Å². The summed E-state index contributed by atoms with van der Waals surface area (Å²) < 4.78 is 29.8. The maximum Gasteiger partial charge on any atom is 0.262 e. The van der Waals surface area contributed by atoms with Gasteiger partial charge in [0.25, 0.3) is 5.91 Å². The van der Waals surface area contributed by atoms with Crippen LogP contribution in [0.5, 0.6) is 5.75 Å². The minimum Gasteiger partial charge on any atom is -0.484 e. The fraction of sp³-hybridized carbons (Fsp3) is 0.333. The van der Waals surface area contributed by atoms with Crippen molar-refractivity contribution in [2.75, 3.05) is 41.0 Å². The molecule has 1 saturated heterocycles. The second kappa shape index (κ2) is 8.74. The molecule has 30 heavy (non-hydrogen) atoms. The van der Waals surface area contributed by atoms with Gasteiger partial charge in [-0.3, -0.25) is 13.9 Å². The number of hydrogen-bond donors (Lipinski definition) is 1. The van der Waals surface area contributed by atoms with Crippen molar-refractivity contribution in [2.24, 2.45) is 0 Å². The number of aryl methyl sites for hydroxylation is 1. The van der Waals surface area contributed by atoms with Crippen LogP contribution in [0.25, 0.3) is 0 Å². The summed E-state index contributed by atoms with van der Waals surface area (Å²) in [5.74, 6) is 0.202. The number of anilines is 3. The summed E-state index contributed by atoms with van der Waals surface area (Å²) in [7, 11) is -1.88. The topological polar surface area (TPSA) is 96.0 Å². The van der Waals surface area contributed by atoms with Crippen LogP contribution >= 0.6 is 0 Å². The number of carbonyl (C=O) groups is 2. The van der Waals surface area contributed by atoms with E-state index in [2.05, 4.69) is 5.32 Å². The van der Waals surface area contributed by atoms with Crippen LogP contribution in [0.15, 0.2) is 42.5 Å². The average Bonchev–Trinajstić information content (AvgIpc) is 3.12. The van der Waals surface area contributed by atoms with Gasteiger partial charge in [-0.1, -0.05) is 6.07 Å². The van der Waals surface area contributed by atoms with E-state index < -0.39 is 10.0 Å². The van der Waals surface area contributed by atoms with Crippen LogP contribution < -0.4 is 19.3 Å². The van der Waals surface area contributed by atoms with E-state index in [1.54, 1.807) is 41.3 Å². The SMILES string of the molecule is Cc1ccc(NC(=O)COc2ccc(N(C)S(C)(=O)=O)cc2)cc1N1CCCC1=O. The Morgan fingerprint density at radius 2 is 1.90 bits per heavy atom. The third-order valence-corrected chi connectivity index (χ3v) is 6.13. The van der Waals surface area contributed by atoms with E-state index in [4.69, 9.17) is 4.74 Å². The Morgan fingerprint density at radius 3 is 2.50 bits per heavy atom. The van der Waals surface area contributed by atoms with Crippen LogP contribution in [0, 0.1) is 6.92 Å². The average molecular weight is 432 g/mol. The van der Waals surface area contributed by atoms with E-state index in [9.17, 15) is 18.0 Å². The van der Waals surface area contributed by atoms with Gasteiger partial charge in [0, 0.05) is 31.4 Å².